The molecule has 1 heterocycles. The summed E-state index contributed by atoms with van der Waals surface area (Å²) in [6.45, 7) is -0.695. The van der Waals surface area contributed by atoms with E-state index in [0.717, 1.165) is 12.8 Å². The summed E-state index contributed by atoms with van der Waals surface area (Å²) >= 11 is 0. The van der Waals surface area contributed by atoms with Gasteiger partial charge < -0.3 is 5.43 Å². The van der Waals surface area contributed by atoms with Crippen LogP contribution in [-0.4, -0.2) is 28.6 Å². The molecule has 1 fully saturated rings. The molecule has 3 N–H and O–H groups in total. The molecule has 1 aromatic rings. The number of nitrogen functional groups attached to an aromatic ring is 1. The van der Waals surface area contributed by atoms with E-state index in [-0.39, 0.29) is 12.6 Å². The van der Waals surface area contributed by atoms with Crippen LogP contribution in [0.3, 0.4) is 0 Å². The number of hydrazine groups is 1. The molecule has 18 heavy (non-hydrogen) atoms. The minimum atomic E-state index is -4.17. The van der Waals surface area contributed by atoms with Gasteiger partial charge in [0.2, 0.25) is 0 Å². The molecular formula is C11H15F3N4. The van der Waals surface area contributed by atoms with E-state index in [1.807, 2.05) is 0 Å². The monoisotopic (exact) mass is 260 g/mol. The van der Waals surface area contributed by atoms with E-state index in [0.29, 0.717) is 11.5 Å². The van der Waals surface area contributed by atoms with Crippen LogP contribution in [-0.2, 0) is 6.54 Å². The molecule has 0 radical (unpaired) electrons. The Balaban J connectivity index is 2.03. The maximum absolute atomic E-state index is 12.4. The third kappa shape index (κ3) is 3.85. The summed E-state index contributed by atoms with van der Waals surface area (Å²) in [5.74, 6) is 5.67. The fraction of sp³-hybridized carbons (Fsp3) is 0.545. The molecule has 0 aromatic carbocycles. The number of nitrogens with zero attached hydrogens (tertiary/aromatic N) is 2. The number of pyridine rings is 1. The van der Waals surface area contributed by atoms with Gasteiger partial charge in [-0.3, -0.25) is 4.90 Å². The first-order chi connectivity index (χ1) is 8.48. The van der Waals surface area contributed by atoms with E-state index < -0.39 is 12.7 Å². The van der Waals surface area contributed by atoms with Gasteiger partial charge in [0.1, 0.15) is 5.82 Å². The molecule has 0 bridgehead atoms. The maximum Gasteiger partial charge on any atom is 0.401 e. The van der Waals surface area contributed by atoms with E-state index in [9.17, 15) is 13.2 Å². The Hall–Kier alpha value is -1.34. The lowest BCUT2D eigenvalue weighted by atomic mass is 10.3. The zero-order chi connectivity index (χ0) is 13.2. The fourth-order valence-electron chi connectivity index (χ4n) is 1.84. The zero-order valence-electron chi connectivity index (χ0n) is 9.74. The lowest BCUT2D eigenvalue weighted by Crippen LogP contribution is -2.35. The average Bonchev–Trinajstić information content (AvgIpc) is 3.10. The highest BCUT2D eigenvalue weighted by Crippen LogP contribution is 2.31. The summed E-state index contributed by atoms with van der Waals surface area (Å²) in [5, 5.41) is 0. The first-order valence-electron chi connectivity index (χ1n) is 5.71. The van der Waals surface area contributed by atoms with Crippen molar-refractivity contribution < 1.29 is 13.2 Å². The van der Waals surface area contributed by atoms with Crippen molar-refractivity contribution in [3.05, 3.63) is 23.9 Å². The molecule has 0 saturated heterocycles. The highest BCUT2D eigenvalue weighted by molar-refractivity contribution is 5.33. The van der Waals surface area contributed by atoms with E-state index in [1.54, 1.807) is 18.2 Å². The minimum Gasteiger partial charge on any atom is -0.308 e. The lowest BCUT2D eigenvalue weighted by molar-refractivity contribution is -0.148. The number of hydrogen-bond donors (Lipinski definition) is 2. The smallest absolute Gasteiger partial charge is 0.308 e. The van der Waals surface area contributed by atoms with Crippen molar-refractivity contribution in [3.63, 3.8) is 0 Å². The second-order valence-electron chi connectivity index (χ2n) is 4.41. The zero-order valence-corrected chi connectivity index (χ0v) is 9.74. The predicted octanol–water partition coefficient (Wildman–Crippen LogP) is 1.89. The minimum absolute atomic E-state index is 0.0305. The second kappa shape index (κ2) is 5.11. The van der Waals surface area contributed by atoms with E-state index in [2.05, 4.69) is 10.4 Å². The predicted molar refractivity (Wildman–Crippen MR) is 61.5 cm³/mol. The topological polar surface area (TPSA) is 54.2 Å². The molecule has 1 aromatic heterocycles. The first-order valence-corrected chi connectivity index (χ1v) is 5.71. The van der Waals surface area contributed by atoms with Gasteiger partial charge in [-0.1, -0.05) is 6.07 Å². The van der Waals surface area contributed by atoms with Gasteiger partial charge in [0.25, 0.3) is 0 Å². The van der Waals surface area contributed by atoms with Crippen LogP contribution in [0.5, 0.6) is 0 Å². The average molecular weight is 260 g/mol. The van der Waals surface area contributed by atoms with Crippen LogP contribution in [0, 0.1) is 0 Å². The number of aromatic nitrogens is 1. The van der Waals surface area contributed by atoms with Crippen LogP contribution in [0.15, 0.2) is 18.2 Å². The van der Waals surface area contributed by atoms with Crippen molar-refractivity contribution >= 4 is 5.82 Å². The quantitative estimate of drug-likeness (QED) is 0.627. The molecule has 0 aliphatic heterocycles. The van der Waals surface area contributed by atoms with Crippen LogP contribution in [0.1, 0.15) is 18.5 Å². The van der Waals surface area contributed by atoms with Gasteiger partial charge in [-0.25, -0.2) is 10.8 Å². The maximum atomic E-state index is 12.4. The Morgan fingerprint density at radius 2 is 2.11 bits per heavy atom. The SMILES string of the molecule is NNc1cccc(CN(CC(F)(F)F)C2CC2)n1. The Morgan fingerprint density at radius 3 is 2.67 bits per heavy atom. The Bertz CT molecular complexity index is 404. The summed E-state index contributed by atoms with van der Waals surface area (Å²) in [6.07, 6.45) is -2.53. The largest absolute Gasteiger partial charge is 0.401 e. The van der Waals surface area contributed by atoms with Crippen molar-refractivity contribution in [1.29, 1.82) is 0 Å². The molecule has 0 spiro atoms. The summed E-state index contributed by atoms with van der Waals surface area (Å²) in [4.78, 5) is 5.55. The summed E-state index contributed by atoms with van der Waals surface area (Å²) < 4.78 is 37.3. The molecule has 1 saturated carbocycles. The number of alkyl halides is 3. The number of hydrogen-bond acceptors (Lipinski definition) is 4. The molecule has 1 aliphatic rings. The van der Waals surface area contributed by atoms with Crippen LogP contribution in [0.4, 0.5) is 19.0 Å². The van der Waals surface area contributed by atoms with Crippen LogP contribution in [0.2, 0.25) is 0 Å². The molecule has 0 atom stereocenters. The van der Waals surface area contributed by atoms with E-state index >= 15 is 0 Å². The number of anilines is 1. The van der Waals surface area contributed by atoms with Crippen LogP contribution >= 0.6 is 0 Å². The van der Waals surface area contributed by atoms with Gasteiger partial charge in [0.05, 0.1) is 12.2 Å². The van der Waals surface area contributed by atoms with Gasteiger partial charge in [0.15, 0.2) is 0 Å². The fourth-order valence-corrected chi connectivity index (χ4v) is 1.84. The van der Waals surface area contributed by atoms with E-state index in [4.69, 9.17) is 5.84 Å². The van der Waals surface area contributed by atoms with Gasteiger partial charge in [0, 0.05) is 12.6 Å². The molecule has 7 heteroatoms. The molecule has 0 amide bonds. The standard InChI is InChI=1S/C11H15F3N4/c12-11(13,14)7-18(9-4-5-9)6-8-2-1-3-10(16-8)17-15/h1-3,9H,4-7,15H2,(H,16,17). The highest BCUT2D eigenvalue weighted by atomic mass is 19.4. The Kier molecular flexibility index (Phi) is 3.72. The number of nitrogens with one attached hydrogen (secondary N) is 1. The molecule has 4 nitrogen and oxygen atoms in total. The highest BCUT2D eigenvalue weighted by Gasteiger charge is 2.38. The van der Waals surface area contributed by atoms with Crippen molar-refractivity contribution in [1.82, 2.24) is 9.88 Å². The lowest BCUT2D eigenvalue weighted by Gasteiger charge is -2.23. The van der Waals surface area contributed by atoms with Crippen LogP contribution in [0.25, 0.3) is 0 Å². The Morgan fingerprint density at radius 1 is 1.39 bits per heavy atom. The van der Waals surface area contributed by atoms with Gasteiger partial charge in [-0.05, 0) is 25.0 Å². The molecule has 100 valence electrons. The summed E-state index contributed by atoms with van der Waals surface area (Å²) in [5.41, 5.74) is 2.97. The van der Waals surface area contributed by atoms with Gasteiger partial charge in [-0.15, -0.1) is 0 Å². The van der Waals surface area contributed by atoms with Crippen molar-refractivity contribution in [2.24, 2.45) is 5.84 Å². The van der Waals surface area contributed by atoms with Crippen molar-refractivity contribution in [2.45, 2.75) is 31.6 Å². The Labute approximate surface area is 103 Å². The van der Waals surface area contributed by atoms with Gasteiger partial charge in [-0.2, -0.15) is 13.2 Å². The number of halogens is 3. The summed E-state index contributed by atoms with van der Waals surface area (Å²) in [6, 6.07) is 5.11. The molecule has 1 aliphatic carbocycles. The first kappa shape index (κ1) is 13.1. The molecule has 2 rings (SSSR count). The van der Waals surface area contributed by atoms with Crippen molar-refractivity contribution in [2.75, 3.05) is 12.0 Å². The van der Waals surface area contributed by atoms with E-state index in [1.165, 1.54) is 4.90 Å². The molecule has 0 unspecified atom stereocenters. The van der Waals surface area contributed by atoms with Crippen LogP contribution < -0.4 is 11.3 Å². The van der Waals surface area contributed by atoms with Crippen molar-refractivity contribution in [3.8, 4) is 0 Å². The normalized spacial score (nSPS) is 16.1. The van der Waals surface area contributed by atoms with Gasteiger partial charge >= 0.3 is 6.18 Å². The molecular weight excluding hydrogens is 245 g/mol. The number of rotatable bonds is 5. The number of nitrogens with two attached hydrogens (primary N) is 1. The summed E-state index contributed by atoms with van der Waals surface area (Å²) in [7, 11) is 0. The second-order valence-corrected chi connectivity index (χ2v) is 4.41. The third-order valence-corrected chi connectivity index (χ3v) is 2.77. The third-order valence-electron chi connectivity index (χ3n) is 2.77.